The van der Waals surface area contributed by atoms with Crippen molar-refractivity contribution in [3.8, 4) is 0 Å². The van der Waals surface area contributed by atoms with Crippen LogP contribution < -0.4 is 10.6 Å². The minimum atomic E-state index is -0.168. The molecule has 0 aliphatic carbocycles. The largest absolute Gasteiger partial charge is 0.348 e. The molecule has 0 fully saturated rings. The predicted molar refractivity (Wildman–Crippen MR) is 122 cm³/mol. The van der Waals surface area contributed by atoms with Gasteiger partial charge in [-0.15, -0.1) is 0 Å². The lowest BCUT2D eigenvalue weighted by Crippen LogP contribution is -2.23. The Morgan fingerprint density at radius 3 is 2.57 bits per heavy atom. The number of benzene rings is 3. The molecule has 0 radical (unpaired) electrons. The first-order valence-corrected chi connectivity index (χ1v) is 10.5. The molecule has 2 N–H and O–H groups in total. The Labute approximate surface area is 180 Å². The van der Waals surface area contributed by atoms with Gasteiger partial charge in [-0.05, 0) is 49.2 Å². The van der Waals surface area contributed by atoms with Crippen LogP contribution in [0.5, 0.6) is 0 Å². The number of anilines is 1. The molecule has 4 nitrogen and oxygen atoms in total. The van der Waals surface area contributed by atoms with Crippen molar-refractivity contribution in [1.82, 2.24) is 5.32 Å². The van der Waals surface area contributed by atoms with Gasteiger partial charge in [0.1, 0.15) is 0 Å². The van der Waals surface area contributed by atoms with Crippen molar-refractivity contribution in [1.29, 1.82) is 0 Å². The molecule has 5 heteroatoms. The van der Waals surface area contributed by atoms with Crippen LogP contribution in [0.1, 0.15) is 32.6 Å². The van der Waals surface area contributed by atoms with Gasteiger partial charge in [-0.2, -0.15) is 0 Å². The van der Waals surface area contributed by atoms with E-state index in [1.165, 1.54) is 17.3 Å². The summed E-state index contributed by atoms with van der Waals surface area (Å²) in [5, 5.41) is 5.84. The highest BCUT2D eigenvalue weighted by Gasteiger charge is 2.22. The zero-order valence-electron chi connectivity index (χ0n) is 16.9. The maximum atomic E-state index is 12.6. The fraction of sp³-hybridized carbons (Fsp3) is 0.120. The van der Waals surface area contributed by atoms with E-state index in [1.807, 2.05) is 74.5 Å². The van der Waals surface area contributed by atoms with Crippen LogP contribution in [0.2, 0.25) is 0 Å². The molecular weight excluding hydrogens is 392 g/mol. The summed E-state index contributed by atoms with van der Waals surface area (Å²) in [6, 6.07) is 21.5. The van der Waals surface area contributed by atoms with Gasteiger partial charge in [-0.3, -0.25) is 9.59 Å². The van der Waals surface area contributed by atoms with Crippen LogP contribution in [-0.4, -0.2) is 11.8 Å². The summed E-state index contributed by atoms with van der Waals surface area (Å²) < 4.78 is 0. The molecule has 0 unspecified atom stereocenters. The van der Waals surface area contributed by atoms with Gasteiger partial charge in [-0.1, -0.05) is 71.4 Å². The molecule has 3 aromatic carbocycles. The lowest BCUT2D eigenvalue weighted by atomic mass is 10.1. The third kappa shape index (κ3) is 4.63. The minimum absolute atomic E-state index is 0.161. The highest BCUT2D eigenvalue weighted by Crippen LogP contribution is 2.39. The number of rotatable bonds is 4. The summed E-state index contributed by atoms with van der Waals surface area (Å²) in [6.07, 6.45) is 1.89. The summed E-state index contributed by atoms with van der Waals surface area (Å²) in [4.78, 5) is 26.7. The van der Waals surface area contributed by atoms with Crippen LogP contribution in [0.15, 0.2) is 76.5 Å². The highest BCUT2D eigenvalue weighted by molar-refractivity contribution is 8.04. The Bertz CT molecular complexity index is 1150. The van der Waals surface area contributed by atoms with Crippen molar-refractivity contribution < 1.29 is 9.59 Å². The number of hydrogen-bond acceptors (Lipinski definition) is 3. The first-order valence-electron chi connectivity index (χ1n) is 9.73. The smallest absolute Gasteiger partial charge is 0.262 e. The summed E-state index contributed by atoms with van der Waals surface area (Å²) in [5.74, 6) is -0.329. The minimum Gasteiger partial charge on any atom is -0.348 e. The standard InChI is InChI=1S/C25H22N2O2S/c1-16-6-8-18(9-7-16)15-26-24(28)20-10-11-22-21(14-20)27-25(29)23(30-22)13-19-5-3-4-17(2)12-19/h3-14H,15H2,1-2H3,(H,26,28)(H,27,29). The Hall–Kier alpha value is -3.31. The number of fused-ring (bicyclic) bond motifs is 1. The average Bonchev–Trinajstić information content (AvgIpc) is 2.73. The van der Waals surface area contributed by atoms with E-state index in [0.29, 0.717) is 22.7 Å². The highest BCUT2D eigenvalue weighted by atomic mass is 32.2. The van der Waals surface area contributed by atoms with Crippen molar-refractivity contribution in [2.24, 2.45) is 0 Å². The van der Waals surface area contributed by atoms with E-state index >= 15 is 0 Å². The Kier molecular flexibility index (Phi) is 5.72. The van der Waals surface area contributed by atoms with Gasteiger partial charge >= 0.3 is 0 Å². The lowest BCUT2D eigenvalue weighted by molar-refractivity contribution is -0.112. The first kappa shape index (κ1) is 20.0. The molecule has 0 spiro atoms. The second kappa shape index (κ2) is 8.59. The van der Waals surface area contributed by atoms with E-state index in [1.54, 1.807) is 12.1 Å². The molecule has 150 valence electrons. The number of hydrogen-bond donors (Lipinski definition) is 2. The van der Waals surface area contributed by atoms with Gasteiger partial charge in [0.05, 0.1) is 10.6 Å². The van der Waals surface area contributed by atoms with Gasteiger partial charge in [0.15, 0.2) is 0 Å². The van der Waals surface area contributed by atoms with Crippen molar-refractivity contribution >= 4 is 35.3 Å². The Balaban J connectivity index is 1.48. The summed E-state index contributed by atoms with van der Waals surface area (Å²) in [7, 11) is 0. The predicted octanol–water partition coefficient (Wildman–Crippen LogP) is 5.32. The average molecular weight is 415 g/mol. The Morgan fingerprint density at radius 1 is 1.00 bits per heavy atom. The molecule has 0 saturated carbocycles. The van der Waals surface area contributed by atoms with Gasteiger partial charge in [0.25, 0.3) is 11.8 Å². The number of aryl methyl sites for hydroxylation is 2. The number of nitrogens with one attached hydrogen (secondary N) is 2. The molecule has 3 aromatic rings. The number of carbonyl (C=O) groups excluding carboxylic acids is 2. The molecule has 1 aliphatic heterocycles. The quantitative estimate of drug-likeness (QED) is 0.568. The van der Waals surface area contributed by atoms with E-state index < -0.39 is 0 Å². The molecule has 2 amide bonds. The first-order chi connectivity index (χ1) is 14.5. The van der Waals surface area contributed by atoms with Crippen LogP contribution in [0, 0.1) is 13.8 Å². The Morgan fingerprint density at radius 2 is 1.80 bits per heavy atom. The molecule has 0 atom stereocenters. The second-order valence-electron chi connectivity index (χ2n) is 7.36. The van der Waals surface area contributed by atoms with Crippen molar-refractivity contribution in [3.63, 3.8) is 0 Å². The third-order valence-corrected chi connectivity index (χ3v) is 5.95. The van der Waals surface area contributed by atoms with Gasteiger partial charge in [0.2, 0.25) is 0 Å². The van der Waals surface area contributed by atoms with Crippen molar-refractivity contribution in [2.45, 2.75) is 25.3 Å². The number of amides is 2. The monoisotopic (exact) mass is 414 g/mol. The normalized spacial score (nSPS) is 14.2. The van der Waals surface area contributed by atoms with E-state index in [0.717, 1.165) is 21.6 Å². The van der Waals surface area contributed by atoms with E-state index in [9.17, 15) is 9.59 Å². The molecule has 0 bridgehead atoms. The van der Waals surface area contributed by atoms with Gasteiger partial charge in [-0.25, -0.2) is 0 Å². The summed E-state index contributed by atoms with van der Waals surface area (Å²) in [5.41, 5.74) is 5.54. The molecule has 4 rings (SSSR count). The summed E-state index contributed by atoms with van der Waals surface area (Å²) >= 11 is 1.42. The topological polar surface area (TPSA) is 58.2 Å². The fourth-order valence-electron chi connectivity index (χ4n) is 3.20. The van der Waals surface area contributed by atoms with Gasteiger partial charge < -0.3 is 10.6 Å². The maximum absolute atomic E-state index is 12.6. The fourth-order valence-corrected chi connectivity index (χ4v) is 4.13. The molecule has 1 heterocycles. The molecule has 0 aromatic heterocycles. The van der Waals surface area contributed by atoms with Crippen LogP contribution in [-0.2, 0) is 11.3 Å². The molecular formula is C25H22N2O2S. The van der Waals surface area contributed by atoms with E-state index in [-0.39, 0.29) is 11.8 Å². The number of thioether (sulfide) groups is 1. The number of carbonyl (C=O) groups is 2. The van der Waals surface area contributed by atoms with Crippen molar-refractivity contribution in [3.05, 3.63) is 99.5 Å². The summed E-state index contributed by atoms with van der Waals surface area (Å²) in [6.45, 7) is 4.51. The van der Waals surface area contributed by atoms with E-state index in [4.69, 9.17) is 0 Å². The SMILES string of the molecule is Cc1ccc(CNC(=O)c2ccc3c(c2)NC(=O)C(=Cc2cccc(C)c2)S3)cc1. The second-order valence-corrected chi connectivity index (χ2v) is 8.44. The maximum Gasteiger partial charge on any atom is 0.262 e. The van der Waals surface area contributed by atoms with Crippen molar-refractivity contribution in [2.75, 3.05) is 5.32 Å². The van der Waals surface area contributed by atoms with Gasteiger partial charge in [0, 0.05) is 17.0 Å². The lowest BCUT2D eigenvalue weighted by Gasteiger charge is -2.19. The zero-order chi connectivity index (χ0) is 21.1. The third-order valence-electron chi connectivity index (χ3n) is 4.85. The van der Waals surface area contributed by atoms with Crippen LogP contribution in [0.4, 0.5) is 5.69 Å². The molecule has 1 aliphatic rings. The zero-order valence-corrected chi connectivity index (χ0v) is 17.7. The molecule has 0 saturated heterocycles. The van der Waals surface area contributed by atoms with Crippen LogP contribution in [0.3, 0.4) is 0 Å². The molecule has 30 heavy (non-hydrogen) atoms. The van der Waals surface area contributed by atoms with E-state index in [2.05, 4.69) is 10.6 Å². The van der Waals surface area contributed by atoms with Crippen LogP contribution >= 0.6 is 11.8 Å². The van der Waals surface area contributed by atoms with Crippen LogP contribution in [0.25, 0.3) is 6.08 Å².